The van der Waals surface area contributed by atoms with Crippen molar-refractivity contribution >= 4 is 0 Å². The van der Waals surface area contributed by atoms with Gasteiger partial charge in [0.2, 0.25) is 0 Å². The molecule has 0 bridgehead atoms. The Morgan fingerprint density at radius 2 is 1.34 bits per heavy atom. The molecule has 9 rings (SSSR count). The van der Waals surface area contributed by atoms with Gasteiger partial charge in [0, 0.05) is 12.3 Å². The Kier molecular flexibility index (Phi) is 12.9. The van der Waals surface area contributed by atoms with E-state index in [1.54, 1.807) is 0 Å². The van der Waals surface area contributed by atoms with Crippen LogP contribution in [0.2, 0.25) is 0 Å². The van der Waals surface area contributed by atoms with Crippen molar-refractivity contribution in [1.29, 1.82) is 0 Å². The Bertz CT molecular complexity index is 1610. The molecule has 0 aromatic rings. The van der Waals surface area contributed by atoms with Crippen LogP contribution in [0.25, 0.3) is 0 Å². The molecule has 9 N–H and O–H groups in total. The molecule has 17 heteroatoms. The van der Waals surface area contributed by atoms with Gasteiger partial charge in [0.15, 0.2) is 24.7 Å². The van der Waals surface area contributed by atoms with Gasteiger partial charge in [-0.2, -0.15) is 0 Å². The van der Waals surface area contributed by atoms with E-state index in [0.29, 0.717) is 48.3 Å². The fourth-order valence-electron chi connectivity index (χ4n) is 14.0. The molecule has 1 spiro atoms. The van der Waals surface area contributed by atoms with Crippen LogP contribution >= 0.6 is 0 Å². The lowest BCUT2D eigenvalue weighted by molar-refractivity contribution is -0.394. The molecule has 62 heavy (non-hydrogen) atoms. The molecule has 5 aliphatic heterocycles. The van der Waals surface area contributed by atoms with Gasteiger partial charge in [-0.15, -0.1) is 0 Å². The highest BCUT2D eigenvalue weighted by Crippen LogP contribution is 2.70. The summed E-state index contributed by atoms with van der Waals surface area (Å²) in [5.74, 6) is 2.51. The number of allylic oxidation sites excluding steroid dienone is 1. The normalized spacial score (nSPS) is 57.6. The third-order valence-corrected chi connectivity index (χ3v) is 17.7. The van der Waals surface area contributed by atoms with E-state index < -0.39 is 117 Å². The molecule has 8 fully saturated rings. The van der Waals surface area contributed by atoms with E-state index in [0.717, 1.165) is 51.6 Å². The molecule has 5 saturated heterocycles. The van der Waals surface area contributed by atoms with Gasteiger partial charge in [-0.3, -0.25) is 0 Å². The number of aliphatic hydroxyl groups excluding tert-OH is 9. The van der Waals surface area contributed by atoms with E-state index in [9.17, 15) is 46.0 Å². The van der Waals surface area contributed by atoms with Crippen molar-refractivity contribution < 1.29 is 83.9 Å². The lowest BCUT2D eigenvalue weighted by Crippen LogP contribution is -2.67. The van der Waals surface area contributed by atoms with Crippen molar-refractivity contribution in [2.75, 3.05) is 19.8 Å². The first-order valence-electron chi connectivity index (χ1n) is 23.4. The predicted octanol–water partition coefficient (Wildman–Crippen LogP) is 0.214. The van der Waals surface area contributed by atoms with Gasteiger partial charge in [-0.25, -0.2) is 0 Å². The summed E-state index contributed by atoms with van der Waals surface area (Å²) in [5, 5.41) is 95.8. The van der Waals surface area contributed by atoms with Crippen LogP contribution in [0.3, 0.4) is 0 Å². The lowest BCUT2D eigenvalue weighted by atomic mass is 9.47. The second-order valence-electron chi connectivity index (χ2n) is 21.1. The number of fused-ring (bicyclic) bond motifs is 7. The highest BCUT2D eigenvalue weighted by molar-refractivity contribution is 5.26. The second kappa shape index (κ2) is 17.3. The van der Waals surface area contributed by atoms with Crippen LogP contribution in [0, 0.1) is 46.3 Å². The Balaban J connectivity index is 0.941. The second-order valence-corrected chi connectivity index (χ2v) is 21.1. The van der Waals surface area contributed by atoms with Crippen LogP contribution < -0.4 is 0 Å². The zero-order chi connectivity index (χ0) is 44.2. The van der Waals surface area contributed by atoms with Gasteiger partial charge >= 0.3 is 0 Å². The Labute approximate surface area is 363 Å². The quantitative estimate of drug-likeness (QED) is 0.148. The average molecular weight is 885 g/mol. The van der Waals surface area contributed by atoms with Crippen LogP contribution in [-0.2, 0) is 37.9 Å². The van der Waals surface area contributed by atoms with Crippen LogP contribution in [0.1, 0.15) is 92.4 Å². The van der Waals surface area contributed by atoms with Gasteiger partial charge in [0.25, 0.3) is 0 Å². The third kappa shape index (κ3) is 7.49. The number of hydrogen-bond donors (Lipinski definition) is 9. The first-order chi connectivity index (χ1) is 29.4. The molecule has 0 amide bonds. The molecule has 354 valence electrons. The number of ether oxygens (including phenoxy) is 8. The van der Waals surface area contributed by atoms with Crippen LogP contribution in [0.4, 0.5) is 0 Å². The molecule has 3 saturated carbocycles. The fourth-order valence-corrected chi connectivity index (χ4v) is 14.0. The van der Waals surface area contributed by atoms with Crippen molar-refractivity contribution in [2.45, 2.75) is 203 Å². The minimum atomic E-state index is -1.83. The average Bonchev–Trinajstić information content (AvgIpc) is 3.70. The van der Waals surface area contributed by atoms with Crippen molar-refractivity contribution in [1.82, 2.24) is 0 Å². The number of aliphatic hydroxyl groups is 9. The SMILES string of the molecule is C[C@@H]1CC[C@@]2(OC1)O[C@@H]1C[C@@H]3[C@H]4CC=C5C[C@@H](O[C@H]6O[C@@H](CO)[C@H](O)[C@@H](O[C@@H]7O[C@H](C)[C@H](O)[C@H](O)[C@@H]7O)[C@@H]6O[C@@H]6O[C@H](CO)[C@@H](O)[C@H](O)[C@@H]6O)CC[C@@]5(C)[C@@H]4CC[C@@]3(C)[C@H]1[C@@H]2C. The standard InChI is InChI=1S/C45H72O17/c1-19-8-13-45(55-18-19)20(2)30-27(62-45)15-26-24-7-6-22-14-23(9-11-43(22,4)25(24)10-12-44(26,30)5)57-42-39(61-41-37(54)35(52)32(49)28(16-46)58-41)38(33(50)29(17-47)59-42)60-40-36(53)34(51)31(48)21(3)56-40/h6,19-21,23-42,46-54H,7-18H2,1-5H3/t19-,20+,21-,23+,24+,25-,26-,27-,28-,29+,30+,31+,32-,33+,34+,35+,36+,37+,38-,39+,40+,41+,42+,43-,44-,45-/m1/s1. The summed E-state index contributed by atoms with van der Waals surface area (Å²) in [5.41, 5.74) is 1.45. The maximum atomic E-state index is 11.6. The van der Waals surface area contributed by atoms with E-state index in [1.807, 2.05) is 0 Å². The predicted molar refractivity (Wildman–Crippen MR) is 214 cm³/mol. The first-order valence-corrected chi connectivity index (χ1v) is 23.4. The van der Waals surface area contributed by atoms with Gasteiger partial charge in [-0.1, -0.05) is 39.3 Å². The summed E-state index contributed by atoms with van der Waals surface area (Å²) < 4.78 is 50.3. The van der Waals surface area contributed by atoms with Crippen molar-refractivity contribution in [2.24, 2.45) is 46.3 Å². The largest absolute Gasteiger partial charge is 0.394 e. The van der Waals surface area contributed by atoms with E-state index in [2.05, 4.69) is 33.8 Å². The molecule has 0 aromatic heterocycles. The van der Waals surface area contributed by atoms with E-state index >= 15 is 0 Å². The third-order valence-electron chi connectivity index (χ3n) is 17.7. The summed E-state index contributed by atoms with van der Waals surface area (Å²) in [4.78, 5) is 0. The zero-order valence-corrected chi connectivity index (χ0v) is 36.6. The highest BCUT2D eigenvalue weighted by Gasteiger charge is 2.69. The maximum absolute atomic E-state index is 11.6. The molecular formula is C45H72O17. The van der Waals surface area contributed by atoms with E-state index in [1.165, 1.54) is 12.5 Å². The van der Waals surface area contributed by atoms with Gasteiger partial charge in [0.1, 0.15) is 67.1 Å². The molecule has 0 radical (unpaired) electrons. The van der Waals surface area contributed by atoms with Crippen molar-refractivity contribution in [3.63, 3.8) is 0 Å². The summed E-state index contributed by atoms with van der Waals surface area (Å²) in [6.07, 6.45) is -12.4. The summed E-state index contributed by atoms with van der Waals surface area (Å²) in [7, 11) is 0. The minimum absolute atomic E-state index is 0.0518. The molecule has 17 nitrogen and oxygen atoms in total. The Morgan fingerprint density at radius 1 is 0.677 bits per heavy atom. The van der Waals surface area contributed by atoms with Gasteiger partial charge in [-0.05, 0) is 98.7 Å². The zero-order valence-electron chi connectivity index (χ0n) is 36.6. The summed E-state index contributed by atoms with van der Waals surface area (Å²) in [6.45, 7) is 10.4. The number of rotatable bonds is 8. The Hall–Kier alpha value is -0.940. The summed E-state index contributed by atoms with van der Waals surface area (Å²) >= 11 is 0. The molecule has 26 atom stereocenters. The highest BCUT2D eigenvalue weighted by atomic mass is 16.8. The molecular weight excluding hydrogens is 812 g/mol. The molecule has 0 unspecified atom stereocenters. The van der Waals surface area contributed by atoms with Crippen LogP contribution in [-0.4, -0.2) is 176 Å². The van der Waals surface area contributed by atoms with E-state index in [-0.39, 0.29) is 16.9 Å². The molecule has 5 heterocycles. The van der Waals surface area contributed by atoms with Crippen molar-refractivity contribution in [3.05, 3.63) is 11.6 Å². The van der Waals surface area contributed by atoms with Crippen LogP contribution in [0.5, 0.6) is 0 Å². The topological polar surface area (TPSA) is 256 Å². The lowest BCUT2D eigenvalue weighted by Gasteiger charge is -2.59. The first kappa shape index (κ1) is 46.2. The van der Waals surface area contributed by atoms with Crippen molar-refractivity contribution in [3.8, 4) is 0 Å². The molecule has 0 aromatic carbocycles. The fraction of sp³-hybridized carbons (Fsp3) is 0.956. The summed E-state index contributed by atoms with van der Waals surface area (Å²) in [6, 6.07) is 0. The number of hydrogen-bond acceptors (Lipinski definition) is 17. The Morgan fingerprint density at radius 3 is 2.03 bits per heavy atom. The van der Waals surface area contributed by atoms with Gasteiger partial charge < -0.3 is 83.9 Å². The monoisotopic (exact) mass is 884 g/mol. The molecule has 4 aliphatic carbocycles. The molecule has 9 aliphatic rings. The van der Waals surface area contributed by atoms with Gasteiger partial charge in [0.05, 0.1) is 38.1 Å². The minimum Gasteiger partial charge on any atom is -0.394 e. The van der Waals surface area contributed by atoms with Crippen LogP contribution in [0.15, 0.2) is 11.6 Å². The maximum Gasteiger partial charge on any atom is 0.187 e. The smallest absolute Gasteiger partial charge is 0.187 e. The van der Waals surface area contributed by atoms with E-state index in [4.69, 9.17) is 37.9 Å².